The van der Waals surface area contributed by atoms with Gasteiger partial charge in [0.25, 0.3) is 0 Å². The molecule has 1 aromatic heterocycles. The maximum atomic E-state index is 15.3. The van der Waals surface area contributed by atoms with Gasteiger partial charge in [-0.2, -0.15) is 0 Å². The molecule has 0 saturated carbocycles. The molecule has 3 aromatic carbocycles. The number of carbonyl (C=O) groups excluding carboxylic acids is 3. The average Bonchev–Trinajstić information content (AvgIpc) is 3.65. The van der Waals surface area contributed by atoms with Crippen LogP contribution in [0.2, 0.25) is 0 Å². The van der Waals surface area contributed by atoms with Gasteiger partial charge in [0, 0.05) is 24.4 Å². The molecule has 5 rings (SSSR count). The molecule has 2 heterocycles. The van der Waals surface area contributed by atoms with Crippen LogP contribution in [0.1, 0.15) is 34.8 Å². The van der Waals surface area contributed by atoms with Gasteiger partial charge in [-0.1, -0.05) is 35.5 Å². The highest BCUT2D eigenvalue weighted by molar-refractivity contribution is 6.02. The summed E-state index contributed by atoms with van der Waals surface area (Å²) < 4.78 is 27.1. The van der Waals surface area contributed by atoms with E-state index in [4.69, 9.17) is 9.47 Å². The number of ether oxygens (including phenoxy) is 2. The summed E-state index contributed by atoms with van der Waals surface area (Å²) in [6.07, 6.45) is 1.53. The highest BCUT2D eigenvalue weighted by Crippen LogP contribution is 2.31. The lowest BCUT2D eigenvalue weighted by molar-refractivity contribution is -0.127. The van der Waals surface area contributed by atoms with Crippen LogP contribution >= 0.6 is 0 Å². The van der Waals surface area contributed by atoms with E-state index in [1.807, 2.05) is 6.07 Å². The third-order valence-corrected chi connectivity index (χ3v) is 6.77. The first-order valence-electron chi connectivity index (χ1n) is 12.9. The zero-order valence-electron chi connectivity index (χ0n) is 21.8. The number of hydrogen-bond donors (Lipinski definition) is 1. The van der Waals surface area contributed by atoms with E-state index in [0.29, 0.717) is 17.6 Å². The smallest absolute Gasteiger partial charge is 0.337 e. The minimum absolute atomic E-state index is 0.0150. The van der Waals surface area contributed by atoms with Crippen LogP contribution in [0.4, 0.5) is 10.1 Å². The first-order valence-corrected chi connectivity index (χ1v) is 12.9. The van der Waals surface area contributed by atoms with Crippen molar-refractivity contribution in [2.45, 2.75) is 31.5 Å². The van der Waals surface area contributed by atoms with Crippen molar-refractivity contribution >= 4 is 34.5 Å². The fraction of sp³-hybridized carbons (Fsp3) is 0.276. The maximum absolute atomic E-state index is 15.3. The van der Waals surface area contributed by atoms with E-state index >= 15 is 4.39 Å². The summed E-state index contributed by atoms with van der Waals surface area (Å²) in [5, 5.41) is 11.1. The van der Waals surface area contributed by atoms with E-state index in [-0.39, 0.29) is 36.0 Å². The lowest BCUT2D eigenvalue weighted by Gasteiger charge is -2.32. The van der Waals surface area contributed by atoms with E-state index in [1.165, 1.54) is 59.2 Å². The van der Waals surface area contributed by atoms with Gasteiger partial charge in [-0.15, -0.1) is 5.10 Å². The summed E-state index contributed by atoms with van der Waals surface area (Å²) in [7, 11) is 1.27. The third-order valence-electron chi connectivity index (χ3n) is 6.77. The summed E-state index contributed by atoms with van der Waals surface area (Å²) >= 11 is 0. The standard InChI is InChI=1S/C29H28FN5O5/c1-39-29(38)19-12-14-20(15-13-19)35(26(36)18-34-25-11-5-4-10-24(25)32-33-34)27(22-8-2-3-9-23(22)30)28(37)31-17-21-7-6-16-40-21/h2-5,8-15,21,27H,6-7,16-18H2,1H3,(H,31,37)/t21-,27+/m1/s1. The fourth-order valence-electron chi connectivity index (χ4n) is 4.76. The molecule has 2 atom stereocenters. The van der Waals surface area contributed by atoms with Crippen molar-refractivity contribution in [3.63, 3.8) is 0 Å². The van der Waals surface area contributed by atoms with E-state index in [0.717, 1.165) is 12.8 Å². The van der Waals surface area contributed by atoms with E-state index in [9.17, 15) is 14.4 Å². The Kier molecular flexibility index (Phi) is 8.11. The summed E-state index contributed by atoms with van der Waals surface area (Å²) in [6, 6.07) is 17.6. The second-order valence-corrected chi connectivity index (χ2v) is 9.34. The molecule has 11 heteroatoms. The molecule has 1 aliphatic rings. The van der Waals surface area contributed by atoms with Gasteiger partial charge in [0.2, 0.25) is 11.8 Å². The molecule has 0 unspecified atom stereocenters. The Hall–Kier alpha value is -4.64. The molecule has 1 saturated heterocycles. The van der Waals surface area contributed by atoms with E-state index in [1.54, 1.807) is 24.3 Å². The zero-order valence-corrected chi connectivity index (χ0v) is 21.8. The van der Waals surface area contributed by atoms with Crippen molar-refractivity contribution in [3.05, 3.63) is 89.7 Å². The molecular weight excluding hydrogens is 517 g/mol. The molecular formula is C29H28FN5O5. The van der Waals surface area contributed by atoms with Crippen LogP contribution in [-0.2, 0) is 25.6 Å². The summed E-state index contributed by atoms with van der Waals surface area (Å²) in [6.45, 7) is 0.560. The quantitative estimate of drug-likeness (QED) is 0.321. The van der Waals surface area contributed by atoms with Crippen molar-refractivity contribution < 1.29 is 28.2 Å². The lowest BCUT2D eigenvalue weighted by atomic mass is 10.0. The predicted octanol–water partition coefficient (Wildman–Crippen LogP) is 3.43. The monoisotopic (exact) mass is 545 g/mol. The van der Waals surface area contributed by atoms with Gasteiger partial charge >= 0.3 is 5.97 Å². The summed E-state index contributed by atoms with van der Waals surface area (Å²) in [5.74, 6) is -2.31. The van der Waals surface area contributed by atoms with Gasteiger partial charge in [0.15, 0.2) is 0 Å². The van der Waals surface area contributed by atoms with Crippen LogP contribution in [0.15, 0.2) is 72.8 Å². The normalized spacial score (nSPS) is 15.5. The second kappa shape index (κ2) is 12.0. The number of halogens is 1. The Morgan fingerprint density at radius 2 is 1.85 bits per heavy atom. The number of benzene rings is 3. The van der Waals surface area contributed by atoms with Gasteiger partial charge in [-0.3, -0.25) is 14.5 Å². The number of carbonyl (C=O) groups is 3. The molecule has 10 nitrogen and oxygen atoms in total. The molecule has 0 bridgehead atoms. The summed E-state index contributed by atoms with van der Waals surface area (Å²) in [4.78, 5) is 41.1. The number of aromatic nitrogens is 3. The van der Waals surface area contributed by atoms with Crippen LogP contribution in [0.3, 0.4) is 0 Å². The first kappa shape index (κ1) is 26.9. The molecule has 40 heavy (non-hydrogen) atoms. The number of nitrogens with zero attached hydrogens (tertiary/aromatic N) is 4. The highest BCUT2D eigenvalue weighted by Gasteiger charge is 2.35. The minimum Gasteiger partial charge on any atom is -0.465 e. The van der Waals surface area contributed by atoms with Gasteiger partial charge in [-0.25, -0.2) is 13.9 Å². The SMILES string of the molecule is COC(=O)c1ccc(N(C(=O)Cn2nnc3ccccc32)[C@H](C(=O)NC[C@H]2CCCO2)c2ccccc2F)cc1. The van der Waals surface area contributed by atoms with Gasteiger partial charge in [-0.05, 0) is 55.3 Å². The van der Waals surface area contributed by atoms with E-state index < -0.39 is 29.6 Å². The topological polar surface area (TPSA) is 116 Å². The Labute approximate surface area is 229 Å². The predicted molar refractivity (Wildman–Crippen MR) is 144 cm³/mol. The highest BCUT2D eigenvalue weighted by atomic mass is 19.1. The van der Waals surface area contributed by atoms with Crippen molar-refractivity contribution in [1.82, 2.24) is 20.3 Å². The van der Waals surface area contributed by atoms with Gasteiger partial charge in [0.1, 0.15) is 23.9 Å². The van der Waals surface area contributed by atoms with Crippen LogP contribution in [0, 0.1) is 5.82 Å². The summed E-state index contributed by atoms with van der Waals surface area (Å²) in [5.41, 5.74) is 1.78. The number of amides is 2. The average molecular weight is 546 g/mol. The molecule has 1 aliphatic heterocycles. The van der Waals surface area contributed by atoms with Crippen LogP contribution in [-0.4, -0.2) is 59.1 Å². The number of para-hydroxylation sites is 1. The molecule has 0 aliphatic carbocycles. The fourth-order valence-corrected chi connectivity index (χ4v) is 4.76. The number of fused-ring (bicyclic) bond motifs is 1. The van der Waals surface area contributed by atoms with Crippen molar-refractivity contribution in [3.8, 4) is 0 Å². The molecule has 1 N–H and O–H groups in total. The molecule has 206 valence electrons. The Morgan fingerprint density at radius 3 is 2.58 bits per heavy atom. The minimum atomic E-state index is -1.37. The largest absolute Gasteiger partial charge is 0.465 e. The van der Waals surface area contributed by atoms with Crippen molar-refractivity contribution in [2.24, 2.45) is 0 Å². The molecule has 1 fully saturated rings. The van der Waals surface area contributed by atoms with Crippen molar-refractivity contribution in [1.29, 1.82) is 0 Å². The first-order chi connectivity index (χ1) is 19.5. The number of anilines is 1. The Bertz CT molecular complexity index is 1520. The van der Waals surface area contributed by atoms with E-state index in [2.05, 4.69) is 15.6 Å². The second-order valence-electron chi connectivity index (χ2n) is 9.34. The zero-order chi connectivity index (χ0) is 28.1. The van der Waals surface area contributed by atoms with Gasteiger partial charge < -0.3 is 14.8 Å². The lowest BCUT2D eigenvalue weighted by Crippen LogP contribution is -2.47. The number of nitrogens with one attached hydrogen (secondary N) is 1. The van der Waals surface area contributed by atoms with Crippen LogP contribution < -0.4 is 10.2 Å². The molecule has 0 spiro atoms. The number of esters is 1. The number of hydrogen-bond acceptors (Lipinski definition) is 7. The van der Waals surface area contributed by atoms with Crippen LogP contribution in [0.25, 0.3) is 11.0 Å². The number of rotatable bonds is 9. The molecule has 0 radical (unpaired) electrons. The molecule has 2 amide bonds. The Balaban J connectivity index is 1.56. The van der Waals surface area contributed by atoms with Gasteiger partial charge in [0.05, 0.1) is 24.3 Å². The maximum Gasteiger partial charge on any atom is 0.337 e. The Morgan fingerprint density at radius 1 is 1.10 bits per heavy atom. The number of methoxy groups -OCH3 is 1. The van der Waals surface area contributed by atoms with Crippen LogP contribution in [0.5, 0.6) is 0 Å². The third kappa shape index (κ3) is 5.69. The molecule has 4 aromatic rings. The van der Waals surface area contributed by atoms with Crippen molar-refractivity contribution in [2.75, 3.05) is 25.2 Å².